The number of nitrogens with zero attached hydrogens (tertiary/aromatic N) is 1. The van der Waals surface area contributed by atoms with Gasteiger partial charge >= 0.3 is 0 Å². The molecule has 0 saturated carbocycles. The second-order valence-electron chi connectivity index (χ2n) is 4.18. The summed E-state index contributed by atoms with van der Waals surface area (Å²) in [5.74, 6) is 0.0383. The Morgan fingerprint density at radius 2 is 2.11 bits per heavy atom. The number of aryl methyl sites for hydroxylation is 1. The fourth-order valence-electron chi connectivity index (χ4n) is 1.51. The van der Waals surface area contributed by atoms with Crippen molar-refractivity contribution in [2.75, 3.05) is 19.8 Å². The van der Waals surface area contributed by atoms with Crippen LogP contribution in [0, 0.1) is 6.92 Å². The van der Waals surface area contributed by atoms with E-state index in [1.165, 1.54) is 0 Å². The highest BCUT2D eigenvalue weighted by Gasteiger charge is 2.18. The van der Waals surface area contributed by atoms with E-state index in [1.807, 2.05) is 38.3 Å². The van der Waals surface area contributed by atoms with Crippen molar-refractivity contribution in [1.82, 2.24) is 4.90 Å². The molecule has 18 heavy (non-hydrogen) atoms. The molecule has 0 aliphatic rings. The van der Waals surface area contributed by atoms with E-state index in [9.17, 15) is 4.79 Å². The van der Waals surface area contributed by atoms with Crippen LogP contribution < -0.4 is 5.73 Å². The van der Waals surface area contributed by atoms with Crippen LogP contribution in [0.2, 0.25) is 0 Å². The molecule has 1 unspecified atom stereocenters. The molecule has 102 valence electrons. The van der Waals surface area contributed by atoms with Crippen LogP contribution in [-0.4, -0.2) is 36.7 Å². The van der Waals surface area contributed by atoms with E-state index in [1.54, 1.807) is 23.7 Å². The molecule has 0 saturated heterocycles. The fraction of sp³-hybridized carbons (Fsp3) is 0.462. The Bertz CT molecular complexity index is 412. The maximum atomic E-state index is 12.3. The Kier molecular flexibility index (Phi) is 7.36. The third-order valence-corrected chi connectivity index (χ3v) is 3.72. The van der Waals surface area contributed by atoms with Gasteiger partial charge in [-0.05, 0) is 37.8 Å². The Morgan fingerprint density at radius 1 is 1.50 bits per heavy atom. The summed E-state index contributed by atoms with van der Waals surface area (Å²) in [6.07, 6.45) is 2.01. The second kappa shape index (κ2) is 7.67. The van der Waals surface area contributed by atoms with E-state index < -0.39 is 0 Å². The number of carbonyl (C=O) groups is 1. The molecular formula is C13H21ClN2OS. The lowest BCUT2D eigenvalue weighted by Crippen LogP contribution is -2.40. The minimum absolute atomic E-state index is 0. The number of rotatable bonds is 4. The Hall–Kier alpha value is -0.710. The van der Waals surface area contributed by atoms with Gasteiger partial charge < -0.3 is 10.6 Å². The van der Waals surface area contributed by atoms with Crippen LogP contribution >= 0.6 is 24.2 Å². The van der Waals surface area contributed by atoms with E-state index >= 15 is 0 Å². The summed E-state index contributed by atoms with van der Waals surface area (Å²) in [6.45, 7) is 4.38. The predicted molar refractivity (Wildman–Crippen MR) is 80.8 cm³/mol. The Labute approximate surface area is 120 Å². The molecule has 0 aliphatic heterocycles. The zero-order chi connectivity index (χ0) is 13.0. The summed E-state index contributed by atoms with van der Waals surface area (Å²) in [5.41, 5.74) is 7.35. The largest absolute Gasteiger partial charge is 0.338 e. The number of likely N-dealkylation sites (N-methyl/N-ethyl adjacent to an activating group) is 1. The van der Waals surface area contributed by atoms with Crippen molar-refractivity contribution in [3.8, 4) is 0 Å². The van der Waals surface area contributed by atoms with E-state index in [4.69, 9.17) is 5.73 Å². The van der Waals surface area contributed by atoms with E-state index in [-0.39, 0.29) is 24.4 Å². The first kappa shape index (κ1) is 17.3. The topological polar surface area (TPSA) is 46.3 Å². The SMILES string of the molecule is CSc1ccc(C)c(C(=O)N(C)C(C)CN)c1.Cl. The van der Waals surface area contributed by atoms with Crippen LogP contribution in [-0.2, 0) is 0 Å². The third kappa shape index (κ3) is 3.90. The van der Waals surface area contributed by atoms with Gasteiger partial charge in [-0.2, -0.15) is 0 Å². The van der Waals surface area contributed by atoms with Crippen molar-refractivity contribution in [3.63, 3.8) is 0 Å². The number of halogens is 1. The molecule has 0 radical (unpaired) electrons. The molecule has 1 aromatic carbocycles. The van der Waals surface area contributed by atoms with Gasteiger partial charge in [-0.1, -0.05) is 6.07 Å². The molecule has 1 rings (SSSR count). The molecule has 2 N–H and O–H groups in total. The van der Waals surface area contributed by atoms with Gasteiger partial charge in [0.05, 0.1) is 0 Å². The second-order valence-corrected chi connectivity index (χ2v) is 5.06. The maximum Gasteiger partial charge on any atom is 0.254 e. The fourth-order valence-corrected chi connectivity index (χ4v) is 1.95. The summed E-state index contributed by atoms with van der Waals surface area (Å²) >= 11 is 1.64. The average molecular weight is 289 g/mol. The smallest absolute Gasteiger partial charge is 0.254 e. The number of thioether (sulfide) groups is 1. The number of carbonyl (C=O) groups excluding carboxylic acids is 1. The van der Waals surface area contributed by atoms with Crippen molar-refractivity contribution in [3.05, 3.63) is 29.3 Å². The first-order valence-electron chi connectivity index (χ1n) is 5.63. The minimum Gasteiger partial charge on any atom is -0.338 e. The molecule has 0 bridgehead atoms. The van der Waals surface area contributed by atoms with Gasteiger partial charge in [-0.25, -0.2) is 0 Å². The molecule has 1 aromatic rings. The molecule has 5 heteroatoms. The first-order chi connectivity index (χ1) is 8.01. The summed E-state index contributed by atoms with van der Waals surface area (Å²) in [5, 5.41) is 0. The van der Waals surface area contributed by atoms with Crippen LogP contribution in [0.4, 0.5) is 0 Å². The summed E-state index contributed by atoms with van der Waals surface area (Å²) in [4.78, 5) is 15.1. The van der Waals surface area contributed by atoms with Crippen molar-refractivity contribution >= 4 is 30.1 Å². The van der Waals surface area contributed by atoms with Crippen LogP contribution in [0.3, 0.4) is 0 Å². The van der Waals surface area contributed by atoms with Crippen molar-refractivity contribution in [1.29, 1.82) is 0 Å². The summed E-state index contributed by atoms with van der Waals surface area (Å²) < 4.78 is 0. The average Bonchev–Trinajstić information content (AvgIpc) is 2.36. The van der Waals surface area contributed by atoms with Gasteiger partial charge in [-0.15, -0.1) is 24.2 Å². The number of benzene rings is 1. The van der Waals surface area contributed by atoms with Crippen molar-refractivity contribution in [2.24, 2.45) is 5.73 Å². The molecule has 0 aromatic heterocycles. The lowest BCUT2D eigenvalue weighted by atomic mass is 10.1. The number of nitrogens with two attached hydrogens (primary N) is 1. The maximum absolute atomic E-state index is 12.3. The number of hydrogen-bond donors (Lipinski definition) is 1. The summed E-state index contributed by atoms with van der Waals surface area (Å²) in [7, 11) is 1.80. The summed E-state index contributed by atoms with van der Waals surface area (Å²) in [6, 6.07) is 6.02. The van der Waals surface area contributed by atoms with Crippen molar-refractivity contribution < 1.29 is 4.79 Å². The quantitative estimate of drug-likeness (QED) is 0.866. The zero-order valence-corrected chi connectivity index (χ0v) is 12.9. The standard InChI is InChI=1S/C13H20N2OS.ClH/c1-9-5-6-11(17-4)7-12(9)13(16)15(3)10(2)8-14;/h5-7,10H,8,14H2,1-4H3;1H. The van der Waals surface area contributed by atoms with Gasteiger partial charge in [0.2, 0.25) is 0 Å². The van der Waals surface area contributed by atoms with E-state index in [2.05, 4.69) is 0 Å². The Morgan fingerprint density at radius 3 is 2.61 bits per heavy atom. The molecule has 1 atom stereocenters. The Balaban J connectivity index is 0.00000289. The molecule has 0 fully saturated rings. The van der Waals surface area contributed by atoms with Gasteiger partial charge in [0.15, 0.2) is 0 Å². The lowest BCUT2D eigenvalue weighted by Gasteiger charge is -2.24. The first-order valence-corrected chi connectivity index (χ1v) is 6.85. The zero-order valence-electron chi connectivity index (χ0n) is 11.3. The predicted octanol–water partition coefficient (Wildman–Crippen LogP) is 2.56. The molecule has 0 spiro atoms. The molecule has 1 amide bonds. The number of amides is 1. The molecule has 0 heterocycles. The van der Waals surface area contributed by atoms with Crippen molar-refractivity contribution in [2.45, 2.75) is 24.8 Å². The normalized spacial score (nSPS) is 11.6. The lowest BCUT2D eigenvalue weighted by molar-refractivity contribution is 0.0747. The number of hydrogen-bond acceptors (Lipinski definition) is 3. The van der Waals surface area contributed by atoms with Gasteiger partial charge in [0.1, 0.15) is 0 Å². The van der Waals surface area contributed by atoms with Gasteiger partial charge in [0.25, 0.3) is 5.91 Å². The van der Waals surface area contributed by atoms with E-state index in [0.29, 0.717) is 6.54 Å². The van der Waals surface area contributed by atoms with Gasteiger partial charge in [-0.3, -0.25) is 4.79 Å². The molecule has 3 nitrogen and oxygen atoms in total. The third-order valence-electron chi connectivity index (χ3n) is 3.00. The van der Waals surface area contributed by atoms with Gasteiger partial charge in [0, 0.05) is 30.1 Å². The van der Waals surface area contributed by atoms with Crippen LogP contribution in [0.1, 0.15) is 22.8 Å². The minimum atomic E-state index is 0. The molecular weight excluding hydrogens is 268 g/mol. The monoisotopic (exact) mass is 288 g/mol. The van der Waals surface area contributed by atoms with Crippen LogP contribution in [0.25, 0.3) is 0 Å². The highest BCUT2D eigenvalue weighted by Crippen LogP contribution is 2.20. The molecule has 0 aliphatic carbocycles. The van der Waals surface area contributed by atoms with Crippen LogP contribution in [0.5, 0.6) is 0 Å². The van der Waals surface area contributed by atoms with E-state index in [0.717, 1.165) is 16.0 Å². The van der Waals surface area contributed by atoms with Crippen LogP contribution in [0.15, 0.2) is 23.1 Å². The highest BCUT2D eigenvalue weighted by atomic mass is 35.5. The highest BCUT2D eigenvalue weighted by molar-refractivity contribution is 7.98.